The van der Waals surface area contributed by atoms with Crippen LogP contribution in [0.1, 0.15) is 88.2 Å². The van der Waals surface area contributed by atoms with Crippen molar-refractivity contribution in [2.45, 2.75) is 107 Å². The molecule has 1 aliphatic heterocycles. The van der Waals surface area contributed by atoms with Crippen molar-refractivity contribution in [2.75, 3.05) is 32.7 Å². The Morgan fingerprint density at radius 3 is 1.38 bits per heavy atom. The number of hydrogen-bond acceptors (Lipinski definition) is 9. The normalized spacial score (nSPS) is 19.3. The first-order valence-electron chi connectivity index (χ1n) is 17.1. The smallest absolute Gasteiger partial charge is 0.407 e. The minimum atomic E-state index is -0.809. The van der Waals surface area contributed by atoms with Crippen molar-refractivity contribution in [1.82, 2.24) is 16.0 Å². The van der Waals surface area contributed by atoms with Crippen LogP contribution in [0.3, 0.4) is 0 Å². The highest BCUT2D eigenvalue weighted by atomic mass is 16.6. The quantitative estimate of drug-likeness (QED) is 0.208. The van der Waals surface area contributed by atoms with Gasteiger partial charge in [-0.1, -0.05) is 99.2 Å². The first kappa shape index (κ1) is 38.2. The summed E-state index contributed by atoms with van der Waals surface area (Å²) in [5.74, 6) is 0. The summed E-state index contributed by atoms with van der Waals surface area (Å²) in [7, 11) is 0. The summed E-state index contributed by atoms with van der Waals surface area (Å²) >= 11 is 0. The Balaban J connectivity index is 0.000000204. The zero-order valence-corrected chi connectivity index (χ0v) is 27.8. The summed E-state index contributed by atoms with van der Waals surface area (Å²) in [6, 6.07) is 19.0. The van der Waals surface area contributed by atoms with Gasteiger partial charge in [0.05, 0.1) is 16.8 Å². The van der Waals surface area contributed by atoms with Gasteiger partial charge in [-0.05, 0) is 62.7 Å². The van der Waals surface area contributed by atoms with E-state index in [1.165, 1.54) is 12.8 Å². The van der Waals surface area contributed by atoms with E-state index in [1.807, 2.05) is 60.7 Å². The summed E-state index contributed by atoms with van der Waals surface area (Å²) in [5.41, 5.74) is 5.23. The number of alkyl carbamates (subject to hydrolysis) is 2. The van der Waals surface area contributed by atoms with Gasteiger partial charge < -0.3 is 46.5 Å². The lowest BCUT2D eigenvalue weighted by Gasteiger charge is -2.32. The minimum Gasteiger partial charge on any atom is -0.445 e. The van der Waals surface area contributed by atoms with Crippen molar-refractivity contribution in [3.63, 3.8) is 0 Å². The van der Waals surface area contributed by atoms with Gasteiger partial charge in [0.25, 0.3) is 0 Å². The Kier molecular flexibility index (Phi) is 16.4. The molecule has 262 valence electrons. The lowest BCUT2D eigenvalue weighted by molar-refractivity contribution is 0.00413. The molecule has 8 N–H and O–H groups in total. The van der Waals surface area contributed by atoms with Gasteiger partial charge in [-0.15, -0.1) is 0 Å². The molecule has 0 unspecified atom stereocenters. The molecule has 3 aliphatic rings. The molecule has 0 spiro atoms. The van der Waals surface area contributed by atoms with Crippen molar-refractivity contribution in [3.05, 3.63) is 71.8 Å². The van der Waals surface area contributed by atoms with Crippen LogP contribution in [-0.4, -0.2) is 77.0 Å². The van der Waals surface area contributed by atoms with Gasteiger partial charge in [-0.25, -0.2) is 9.59 Å². The Bertz CT molecular complexity index is 1070. The van der Waals surface area contributed by atoms with E-state index < -0.39 is 29.0 Å². The second kappa shape index (κ2) is 20.2. The van der Waals surface area contributed by atoms with E-state index in [2.05, 4.69) is 16.0 Å². The maximum Gasteiger partial charge on any atom is 0.407 e. The van der Waals surface area contributed by atoms with E-state index in [1.54, 1.807) is 0 Å². The van der Waals surface area contributed by atoms with E-state index in [4.69, 9.17) is 15.2 Å². The summed E-state index contributed by atoms with van der Waals surface area (Å²) in [6.45, 7) is 3.00. The maximum absolute atomic E-state index is 11.6. The number of nitrogens with two attached hydrogens (primary N) is 1. The fourth-order valence-corrected chi connectivity index (χ4v) is 5.89. The number of rotatable bonds is 9. The molecule has 5 rings (SSSR count). The number of amides is 2. The Labute approximate surface area is 279 Å². The lowest BCUT2D eigenvalue weighted by atomic mass is 9.85. The highest BCUT2D eigenvalue weighted by Crippen LogP contribution is 2.27. The minimum absolute atomic E-state index is 0.238. The predicted molar refractivity (Wildman–Crippen MR) is 181 cm³/mol. The van der Waals surface area contributed by atoms with Gasteiger partial charge in [0.1, 0.15) is 13.2 Å². The topological polar surface area (TPSA) is 175 Å². The van der Waals surface area contributed by atoms with Crippen LogP contribution in [0.5, 0.6) is 0 Å². The summed E-state index contributed by atoms with van der Waals surface area (Å²) in [5, 5.41) is 38.4. The summed E-state index contributed by atoms with van der Waals surface area (Å²) in [6.07, 6.45) is 10.4. The Morgan fingerprint density at radius 2 is 1.00 bits per heavy atom. The number of aliphatic hydroxyl groups is 3. The number of carbonyl (C=O) groups is 2. The molecule has 11 heteroatoms. The van der Waals surface area contributed by atoms with E-state index in [9.17, 15) is 24.9 Å². The number of hydrogen-bond donors (Lipinski definition) is 7. The van der Waals surface area contributed by atoms with Crippen LogP contribution in [0.25, 0.3) is 0 Å². The SMILES string of the molecule is NCC1(O)CCCCC1.O=C(NCC1(O)CCCCC1)OCc1ccccc1.O=C(NCC1(O)CCNCC1)OCc1ccccc1. The predicted octanol–water partition coefficient (Wildman–Crippen LogP) is 4.28. The largest absolute Gasteiger partial charge is 0.445 e. The van der Waals surface area contributed by atoms with E-state index >= 15 is 0 Å². The third-order valence-electron chi connectivity index (χ3n) is 9.03. The van der Waals surface area contributed by atoms with Crippen LogP contribution >= 0.6 is 0 Å². The molecule has 0 bridgehead atoms. The Hall–Kier alpha value is -3.22. The molecular formula is C36H56N4O7. The van der Waals surface area contributed by atoms with Crippen LogP contribution < -0.4 is 21.7 Å². The van der Waals surface area contributed by atoms with Gasteiger partial charge in [0.2, 0.25) is 0 Å². The third-order valence-corrected chi connectivity index (χ3v) is 9.03. The van der Waals surface area contributed by atoms with Crippen molar-refractivity contribution >= 4 is 12.2 Å². The van der Waals surface area contributed by atoms with Crippen LogP contribution in [0.15, 0.2) is 60.7 Å². The van der Waals surface area contributed by atoms with Crippen LogP contribution in [0.4, 0.5) is 9.59 Å². The number of carbonyl (C=O) groups excluding carboxylic acids is 2. The van der Waals surface area contributed by atoms with Gasteiger partial charge in [-0.3, -0.25) is 0 Å². The highest BCUT2D eigenvalue weighted by Gasteiger charge is 2.30. The molecule has 0 radical (unpaired) electrons. The van der Waals surface area contributed by atoms with Crippen molar-refractivity contribution in [1.29, 1.82) is 0 Å². The number of benzene rings is 2. The molecule has 2 amide bonds. The molecule has 2 aromatic carbocycles. The monoisotopic (exact) mass is 656 g/mol. The molecule has 3 fully saturated rings. The molecule has 11 nitrogen and oxygen atoms in total. The summed E-state index contributed by atoms with van der Waals surface area (Å²) in [4.78, 5) is 23.1. The fraction of sp³-hybridized carbons (Fsp3) is 0.611. The molecule has 1 heterocycles. The molecule has 2 aliphatic carbocycles. The molecule has 47 heavy (non-hydrogen) atoms. The number of nitrogens with one attached hydrogen (secondary N) is 3. The fourth-order valence-electron chi connectivity index (χ4n) is 5.89. The molecular weight excluding hydrogens is 600 g/mol. The van der Waals surface area contributed by atoms with Gasteiger partial charge in [0, 0.05) is 19.6 Å². The zero-order chi connectivity index (χ0) is 33.9. The molecule has 2 aromatic rings. The Morgan fingerprint density at radius 1 is 0.617 bits per heavy atom. The first-order valence-corrected chi connectivity index (χ1v) is 17.1. The molecule has 0 atom stereocenters. The van der Waals surface area contributed by atoms with Crippen molar-refractivity contribution in [3.8, 4) is 0 Å². The van der Waals surface area contributed by atoms with Crippen molar-refractivity contribution in [2.24, 2.45) is 5.73 Å². The van der Waals surface area contributed by atoms with E-state index in [0.717, 1.165) is 75.6 Å². The van der Waals surface area contributed by atoms with Gasteiger partial charge in [-0.2, -0.15) is 0 Å². The molecule has 1 saturated heterocycles. The van der Waals surface area contributed by atoms with E-state index in [0.29, 0.717) is 19.4 Å². The second-order valence-electron chi connectivity index (χ2n) is 13.1. The highest BCUT2D eigenvalue weighted by molar-refractivity contribution is 5.67. The summed E-state index contributed by atoms with van der Waals surface area (Å²) < 4.78 is 10.2. The maximum atomic E-state index is 11.6. The van der Waals surface area contributed by atoms with Crippen LogP contribution in [-0.2, 0) is 22.7 Å². The average molecular weight is 657 g/mol. The lowest BCUT2D eigenvalue weighted by Crippen LogP contribution is -2.49. The molecule has 0 aromatic heterocycles. The van der Waals surface area contributed by atoms with E-state index in [-0.39, 0.29) is 26.3 Å². The number of piperidine rings is 1. The van der Waals surface area contributed by atoms with Gasteiger partial charge >= 0.3 is 12.2 Å². The standard InChI is InChI=1S/C15H21NO3.C14H20N2O3.C7H15NO/c17-14(19-11-13-7-3-1-4-8-13)16-12-15(18)9-5-2-6-10-15;17-13(19-10-12-4-2-1-3-5-12)16-11-14(18)6-8-15-9-7-14;8-6-7(9)4-2-1-3-5-7/h1,3-4,7-8,18H,2,5-6,9-12H2,(H,16,17);1-5,15,18H,6-11H2,(H,16,17);9H,1-6,8H2. The average Bonchev–Trinajstić information content (AvgIpc) is 3.11. The second-order valence-corrected chi connectivity index (χ2v) is 13.1. The molecule has 2 saturated carbocycles. The van der Waals surface area contributed by atoms with Gasteiger partial charge in [0.15, 0.2) is 0 Å². The van der Waals surface area contributed by atoms with Crippen molar-refractivity contribution < 1.29 is 34.4 Å². The first-order chi connectivity index (χ1) is 22.6. The third kappa shape index (κ3) is 15.5. The number of ether oxygens (including phenoxy) is 2. The zero-order valence-electron chi connectivity index (χ0n) is 27.8. The van der Waals surface area contributed by atoms with Crippen LogP contribution in [0, 0.1) is 0 Å². The van der Waals surface area contributed by atoms with Crippen LogP contribution in [0.2, 0.25) is 0 Å².